The van der Waals surface area contributed by atoms with Crippen LogP contribution in [-0.2, 0) is 17.6 Å². The number of likely N-dealkylation sites (N-methyl/N-ethyl adjacent to an activating group) is 1. The molecule has 3 fully saturated rings. The second-order valence-electron chi connectivity index (χ2n) is 10.9. The monoisotopic (exact) mass is 540 g/mol. The third-order valence-electron chi connectivity index (χ3n) is 8.76. The third-order valence-corrected chi connectivity index (χ3v) is 8.76. The lowest BCUT2D eigenvalue weighted by Crippen LogP contribution is -2.49. The van der Waals surface area contributed by atoms with Gasteiger partial charge in [0.15, 0.2) is 0 Å². The zero-order valence-corrected chi connectivity index (χ0v) is 23.1. The molecule has 0 aromatic heterocycles. The van der Waals surface area contributed by atoms with Crippen LogP contribution in [0.1, 0.15) is 62.5 Å². The number of urea groups is 1. The van der Waals surface area contributed by atoms with Crippen LogP contribution >= 0.6 is 24.8 Å². The smallest absolute Gasteiger partial charge is 0.324 e. The molecule has 9 heteroatoms. The normalized spacial score (nSPS) is 25.3. The molecule has 1 N–H and O–H groups in total. The lowest BCUT2D eigenvalue weighted by molar-refractivity contribution is -0.140. The molecule has 1 saturated heterocycles. The molecule has 2 aliphatic carbocycles. The Bertz CT molecular complexity index is 903. The molecule has 202 valence electrons. The topological polar surface area (TPSA) is 67.3 Å². The van der Waals surface area contributed by atoms with Crippen LogP contribution < -0.4 is 4.90 Å². The average Bonchev–Trinajstić information content (AvgIpc) is 3.46. The summed E-state index contributed by atoms with van der Waals surface area (Å²) in [7, 11) is 2.18. The standard InChI is InChI=1S/C27H40N4O3.2ClH/c1-28-14-12-20-6-7-25(18-21(20)13-15-28)30-17-16-29(27(30)34)23-8-10-24(11-9-23)31(19-26(32)33)22-4-2-3-5-22;;/h6-7,18,22-24H,2-5,8-17,19H2,1H3,(H,32,33);2*1H/t23-,24-;;. The minimum Gasteiger partial charge on any atom is -0.480 e. The summed E-state index contributed by atoms with van der Waals surface area (Å²) in [6.07, 6.45) is 10.7. The van der Waals surface area contributed by atoms with Gasteiger partial charge in [0.2, 0.25) is 0 Å². The molecule has 2 heterocycles. The molecule has 0 unspecified atom stereocenters. The number of fused-ring (bicyclic) bond motifs is 1. The van der Waals surface area contributed by atoms with E-state index in [1.807, 2.05) is 4.90 Å². The van der Waals surface area contributed by atoms with E-state index in [2.05, 4.69) is 39.9 Å². The number of aliphatic carboxylic acids is 1. The molecule has 36 heavy (non-hydrogen) atoms. The fourth-order valence-electron chi connectivity index (χ4n) is 6.77. The van der Waals surface area contributed by atoms with Gasteiger partial charge in [0.1, 0.15) is 0 Å². The van der Waals surface area contributed by atoms with Crippen LogP contribution in [0.5, 0.6) is 0 Å². The van der Waals surface area contributed by atoms with E-state index in [-0.39, 0.29) is 43.4 Å². The third kappa shape index (κ3) is 6.29. The van der Waals surface area contributed by atoms with E-state index in [4.69, 9.17) is 0 Å². The molecule has 0 radical (unpaired) electrons. The van der Waals surface area contributed by atoms with Crippen molar-refractivity contribution in [1.82, 2.24) is 14.7 Å². The van der Waals surface area contributed by atoms with Crippen molar-refractivity contribution >= 4 is 42.5 Å². The van der Waals surface area contributed by atoms with Crippen LogP contribution in [0, 0.1) is 0 Å². The number of anilines is 1. The molecular weight excluding hydrogens is 499 g/mol. The van der Waals surface area contributed by atoms with E-state index >= 15 is 0 Å². The Hall–Kier alpha value is -1.54. The van der Waals surface area contributed by atoms with Gasteiger partial charge in [0.05, 0.1) is 6.54 Å². The van der Waals surface area contributed by atoms with Crippen molar-refractivity contribution in [2.45, 2.75) is 82.3 Å². The molecule has 2 aliphatic heterocycles. The number of amides is 2. The molecule has 4 aliphatic rings. The van der Waals surface area contributed by atoms with E-state index in [1.54, 1.807) is 0 Å². The molecule has 1 aromatic carbocycles. The van der Waals surface area contributed by atoms with Gasteiger partial charge in [-0.25, -0.2) is 4.79 Å². The highest BCUT2D eigenvalue weighted by atomic mass is 35.5. The Kier molecular flexibility index (Phi) is 10.3. The summed E-state index contributed by atoms with van der Waals surface area (Å²) in [4.78, 5) is 33.6. The van der Waals surface area contributed by atoms with Crippen molar-refractivity contribution in [3.8, 4) is 0 Å². The van der Waals surface area contributed by atoms with Gasteiger partial charge in [-0.15, -0.1) is 24.8 Å². The Morgan fingerprint density at radius 1 is 0.917 bits per heavy atom. The highest BCUT2D eigenvalue weighted by molar-refractivity contribution is 5.94. The van der Waals surface area contributed by atoms with Crippen LogP contribution in [-0.4, -0.2) is 89.7 Å². The Balaban J connectivity index is 0.00000180. The summed E-state index contributed by atoms with van der Waals surface area (Å²) in [5, 5.41) is 9.47. The number of carbonyl (C=O) groups is 2. The maximum Gasteiger partial charge on any atom is 0.324 e. The number of benzene rings is 1. The molecule has 0 spiro atoms. The quantitative estimate of drug-likeness (QED) is 0.577. The number of hydrogen-bond donors (Lipinski definition) is 1. The number of carboxylic acids is 1. The zero-order valence-electron chi connectivity index (χ0n) is 21.4. The number of hydrogen-bond acceptors (Lipinski definition) is 4. The Morgan fingerprint density at radius 2 is 1.56 bits per heavy atom. The Labute approximate surface area is 228 Å². The first-order valence-corrected chi connectivity index (χ1v) is 13.4. The van der Waals surface area contributed by atoms with Gasteiger partial charge in [0.25, 0.3) is 0 Å². The fourth-order valence-corrected chi connectivity index (χ4v) is 6.77. The lowest BCUT2D eigenvalue weighted by Gasteiger charge is -2.41. The molecule has 7 nitrogen and oxygen atoms in total. The van der Waals surface area contributed by atoms with Gasteiger partial charge in [-0.05, 0) is 81.7 Å². The molecular formula is C27H42Cl2N4O3. The summed E-state index contributed by atoms with van der Waals surface area (Å²) < 4.78 is 0. The maximum atomic E-state index is 13.4. The summed E-state index contributed by atoms with van der Waals surface area (Å²) in [5.41, 5.74) is 3.85. The predicted molar refractivity (Wildman–Crippen MR) is 148 cm³/mol. The average molecular weight is 542 g/mol. The van der Waals surface area contributed by atoms with Crippen molar-refractivity contribution in [2.24, 2.45) is 0 Å². The van der Waals surface area contributed by atoms with Gasteiger partial charge in [0, 0.05) is 50.0 Å². The SMILES string of the molecule is CN1CCc2ccc(N3CCN([C@H]4CC[C@H](N(CC(=O)O)C5CCCC5)CC4)C3=O)cc2CC1.Cl.Cl. The summed E-state index contributed by atoms with van der Waals surface area (Å²) in [6.45, 7) is 3.86. The van der Waals surface area contributed by atoms with Crippen molar-refractivity contribution in [2.75, 3.05) is 44.7 Å². The van der Waals surface area contributed by atoms with Crippen molar-refractivity contribution < 1.29 is 14.7 Å². The van der Waals surface area contributed by atoms with Crippen molar-refractivity contribution in [3.05, 3.63) is 29.3 Å². The summed E-state index contributed by atoms with van der Waals surface area (Å²) in [6, 6.07) is 7.80. The lowest BCUT2D eigenvalue weighted by atomic mass is 9.88. The van der Waals surface area contributed by atoms with Crippen LogP contribution in [0.4, 0.5) is 10.5 Å². The fraction of sp³-hybridized carbons (Fsp3) is 0.704. The Morgan fingerprint density at radius 3 is 2.22 bits per heavy atom. The van der Waals surface area contributed by atoms with Gasteiger partial charge in [-0.1, -0.05) is 18.9 Å². The van der Waals surface area contributed by atoms with Gasteiger partial charge < -0.3 is 14.9 Å². The predicted octanol–water partition coefficient (Wildman–Crippen LogP) is 4.44. The number of carbonyl (C=O) groups excluding carboxylic acids is 1. The summed E-state index contributed by atoms with van der Waals surface area (Å²) >= 11 is 0. The number of nitrogens with zero attached hydrogens (tertiary/aromatic N) is 4. The van der Waals surface area contributed by atoms with Gasteiger partial charge >= 0.3 is 12.0 Å². The molecule has 1 aromatic rings. The van der Waals surface area contributed by atoms with Gasteiger partial charge in [-0.3, -0.25) is 14.6 Å². The molecule has 0 atom stereocenters. The first-order valence-electron chi connectivity index (χ1n) is 13.4. The number of carboxylic acid groups (broad SMARTS) is 1. The summed E-state index contributed by atoms with van der Waals surface area (Å²) in [5.74, 6) is -0.716. The molecule has 2 amide bonds. The molecule has 2 saturated carbocycles. The first-order chi connectivity index (χ1) is 16.5. The van der Waals surface area contributed by atoms with E-state index in [9.17, 15) is 14.7 Å². The number of rotatable bonds is 6. The van der Waals surface area contributed by atoms with Crippen LogP contribution in [0.25, 0.3) is 0 Å². The first kappa shape index (κ1) is 29.0. The highest BCUT2D eigenvalue weighted by Crippen LogP contribution is 2.34. The largest absolute Gasteiger partial charge is 0.480 e. The van der Waals surface area contributed by atoms with Crippen molar-refractivity contribution in [3.63, 3.8) is 0 Å². The minimum absolute atomic E-state index is 0. The van der Waals surface area contributed by atoms with E-state index in [0.29, 0.717) is 12.1 Å². The van der Waals surface area contributed by atoms with Crippen LogP contribution in [0.15, 0.2) is 18.2 Å². The van der Waals surface area contributed by atoms with Gasteiger partial charge in [-0.2, -0.15) is 0 Å². The molecule has 5 rings (SSSR count). The highest BCUT2D eigenvalue weighted by Gasteiger charge is 2.39. The number of halogens is 2. The second-order valence-corrected chi connectivity index (χ2v) is 10.9. The second kappa shape index (κ2) is 12.8. The van der Waals surface area contributed by atoms with E-state index in [1.165, 1.54) is 24.0 Å². The van der Waals surface area contributed by atoms with Crippen molar-refractivity contribution in [1.29, 1.82) is 0 Å². The van der Waals surface area contributed by atoms with Crippen LogP contribution in [0.3, 0.4) is 0 Å². The zero-order chi connectivity index (χ0) is 23.7. The van der Waals surface area contributed by atoms with E-state index in [0.717, 1.165) is 83.2 Å². The minimum atomic E-state index is -0.716. The maximum absolute atomic E-state index is 13.4. The molecule has 0 bridgehead atoms. The van der Waals surface area contributed by atoms with E-state index < -0.39 is 5.97 Å². The van der Waals surface area contributed by atoms with Crippen LogP contribution in [0.2, 0.25) is 0 Å².